The summed E-state index contributed by atoms with van der Waals surface area (Å²) in [7, 11) is 0. The number of carbonyl (C=O) groups is 1. The number of carbonyl (C=O) groups excluding carboxylic acids is 1. The normalized spacial score (nSPS) is 11.3. The van der Waals surface area contributed by atoms with Crippen molar-refractivity contribution in [2.24, 2.45) is 0 Å². The number of hydrogen-bond acceptors (Lipinski definition) is 2. The summed E-state index contributed by atoms with van der Waals surface area (Å²) in [6.45, 7) is 3.80. The van der Waals surface area contributed by atoms with Gasteiger partial charge in [-0.1, -0.05) is 35.9 Å². The number of Topliss-reactive ketones (excluding diaryl/α,β-unsaturated/α-hetero) is 1. The smallest absolute Gasteiger partial charge is 0.147 e. The van der Waals surface area contributed by atoms with Crippen LogP contribution >= 0.6 is 11.6 Å². The van der Waals surface area contributed by atoms with Gasteiger partial charge in [0.15, 0.2) is 0 Å². The third kappa shape index (κ3) is 3.20. The highest BCUT2D eigenvalue weighted by Crippen LogP contribution is 2.27. The number of phenolic OH excluding ortho intramolecular Hbond substituents is 1. The molecule has 20 heavy (non-hydrogen) atoms. The van der Waals surface area contributed by atoms with Gasteiger partial charge in [0, 0.05) is 16.9 Å². The summed E-state index contributed by atoms with van der Waals surface area (Å²) in [5.41, 5.74) is 1.26. The number of rotatable bonds is 4. The zero-order valence-electron chi connectivity index (χ0n) is 11.6. The Bertz CT molecular complexity index is 598. The van der Waals surface area contributed by atoms with Crippen molar-refractivity contribution in [1.29, 1.82) is 0 Å². The molecule has 3 heteroatoms. The second-order valence-electron chi connectivity index (χ2n) is 5.40. The van der Waals surface area contributed by atoms with Gasteiger partial charge >= 0.3 is 0 Å². The van der Waals surface area contributed by atoms with Crippen LogP contribution in [-0.4, -0.2) is 10.9 Å². The van der Waals surface area contributed by atoms with E-state index in [2.05, 4.69) is 0 Å². The van der Waals surface area contributed by atoms with E-state index in [4.69, 9.17) is 11.6 Å². The first kappa shape index (κ1) is 14.6. The quantitative estimate of drug-likeness (QED) is 0.918. The van der Waals surface area contributed by atoms with Crippen LogP contribution in [0.2, 0.25) is 5.02 Å². The third-order valence-corrected chi connectivity index (χ3v) is 3.82. The van der Waals surface area contributed by atoms with Crippen LogP contribution < -0.4 is 0 Å². The molecule has 0 aliphatic carbocycles. The Morgan fingerprint density at radius 1 is 1.05 bits per heavy atom. The summed E-state index contributed by atoms with van der Waals surface area (Å²) in [6.07, 6.45) is 0.366. The minimum absolute atomic E-state index is 0.130. The molecule has 0 saturated heterocycles. The van der Waals surface area contributed by atoms with Gasteiger partial charge in [-0.25, -0.2) is 0 Å². The van der Waals surface area contributed by atoms with Gasteiger partial charge in [0.05, 0.1) is 0 Å². The Morgan fingerprint density at radius 3 is 2.15 bits per heavy atom. The fourth-order valence-corrected chi connectivity index (χ4v) is 2.17. The highest BCUT2D eigenvalue weighted by Gasteiger charge is 2.29. The number of halogens is 1. The lowest BCUT2D eigenvalue weighted by Crippen LogP contribution is -2.30. The van der Waals surface area contributed by atoms with Gasteiger partial charge in [-0.05, 0) is 49.2 Å². The first-order chi connectivity index (χ1) is 9.39. The molecule has 0 aromatic heterocycles. The Hall–Kier alpha value is -1.80. The van der Waals surface area contributed by atoms with Crippen molar-refractivity contribution in [3.63, 3.8) is 0 Å². The molecule has 1 N–H and O–H groups in total. The maximum Gasteiger partial charge on any atom is 0.147 e. The Labute approximate surface area is 124 Å². The van der Waals surface area contributed by atoms with Crippen molar-refractivity contribution in [1.82, 2.24) is 0 Å². The molecule has 2 rings (SSSR count). The van der Waals surface area contributed by atoms with E-state index in [-0.39, 0.29) is 11.5 Å². The molecule has 0 bridgehead atoms. The zero-order chi connectivity index (χ0) is 14.8. The van der Waals surface area contributed by atoms with Crippen molar-refractivity contribution in [3.8, 4) is 5.75 Å². The van der Waals surface area contributed by atoms with Crippen molar-refractivity contribution in [2.75, 3.05) is 0 Å². The van der Waals surface area contributed by atoms with Crippen molar-refractivity contribution in [2.45, 2.75) is 25.7 Å². The maximum atomic E-state index is 12.5. The molecule has 2 aromatic rings. The molecular weight excluding hydrogens is 272 g/mol. The van der Waals surface area contributed by atoms with Crippen LogP contribution in [0.1, 0.15) is 25.0 Å². The van der Waals surface area contributed by atoms with Gasteiger partial charge in [-0.2, -0.15) is 0 Å². The first-order valence-electron chi connectivity index (χ1n) is 6.47. The molecule has 0 aliphatic heterocycles. The molecule has 2 aromatic carbocycles. The topological polar surface area (TPSA) is 37.3 Å². The SMILES string of the molecule is CC(C)(C(=O)Cc1ccc(Cl)cc1)c1ccc(O)cc1. The number of benzene rings is 2. The molecule has 2 nitrogen and oxygen atoms in total. The van der Waals surface area contributed by atoms with E-state index in [1.807, 2.05) is 26.0 Å². The van der Waals surface area contributed by atoms with Crippen molar-refractivity contribution < 1.29 is 9.90 Å². The summed E-state index contributed by atoms with van der Waals surface area (Å²) >= 11 is 5.84. The molecule has 0 spiro atoms. The van der Waals surface area contributed by atoms with Crippen LogP contribution in [0.25, 0.3) is 0 Å². The van der Waals surface area contributed by atoms with Crippen molar-refractivity contribution >= 4 is 17.4 Å². The lowest BCUT2D eigenvalue weighted by Gasteiger charge is -2.24. The van der Waals surface area contributed by atoms with Crippen LogP contribution in [0.4, 0.5) is 0 Å². The van der Waals surface area contributed by atoms with E-state index < -0.39 is 5.41 Å². The van der Waals surface area contributed by atoms with E-state index in [1.54, 1.807) is 36.4 Å². The van der Waals surface area contributed by atoms with Gasteiger partial charge in [0.2, 0.25) is 0 Å². The van der Waals surface area contributed by atoms with Crippen molar-refractivity contribution in [3.05, 3.63) is 64.7 Å². The molecule has 0 aliphatic rings. The van der Waals surface area contributed by atoms with Gasteiger partial charge in [-0.15, -0.1) is 0 Å². The Balaban J connectivity index is 2.18. The predicted octanol–water partition coefficient (Wildman–Crippen LogP) is 4.14. The fraction of sp³-hybridized carbons (Fsp3) is 0.235. The number of ketones is 1. The molecule has 0 unspecified atom stereocenters. The Kier molecular flexibility index (Phi) is 4.15. The standard InChI is InChI=1S/C17H17ClO2/c1-17(2,13-5-9-15(19)10-6-13)16(20)11-12-3-7-14(18)8-4-12/h3-10,19H,11H2,1-2H3. The van der Waals surface area contributed by atoms with E-state index in [0.717, 1.165) is 11.1 Å². The number of aromatic hydroxyl groups is 1. The molecule has 0 atom stereocenters. The third-order valence-electron chi connectivity index (χ3n) is 3.56. The van der Waals surface area contributed by atoms with Crippen LogP contribution in [0.5, 0.6) is 5.75 Å². The molecular formula is C17H17ClO2. The fourth-order valence-electron chi connectivity index (χ4n) is 2.05. The summed E-state index contributed by atoms with van der Waals surface area (Å²) in [5, 5.41) is 9.99. The summed E-state index contributed by atoms with van der Waals surface area (Å²) < 4.78 is 0. The van der Waals surface area contributed by atoms with Crippen LogP contribution in [0.15, 0.2) is 48.5 Å². The zero-order valence-corrected chi connectivity index (χ0v) is 12.3. The second kappa shape index (κ2) is 5.68. The molecule has 104 valence electrons. The average molecular weight is 289 g/mol. The largest absolute Gasteiger partial charge is 0.508 e. The highest BCUT2D eigenvalue weighted by molar-refractivity contribution is 6.30. The lowest BCUT2D eigenvalue weighted by atomic mass is 9.78. The van der Waals surface area contributed by atoms with Gasteiger partial charge in [0.25, 0.3) is 0 Å². The lowest BCUT2D eigenvalue weighted by molar-refractivity contribution is -0.122. The molecule has 0 amide bonds. The van der Waals surface area contributed by atoms with Crippen LogP contribution in [0, 0.1) is 0 Å². The van der Waals surface area contributed by atoms with Gasteiger partial charge < -0.3 is 5.11 Å². The summed E-state index contributed by atoms with van der Waals surface area (Å²) in [6, 6.07) is 14.1. The molecule has 0 radical (unpaired) electrons. The van der Waals surface area contributed by atoms with Gasteiger partial charge in [0.1, 0.15) is 11.5 Å². The van der Waals surface area contributed by atoms with Crippen LogP contribution in [-0.2, 0) is 16.6 Å². The van der Waals surface area contributed by atoms with E-state index in [1.165, 1.54) is 0 Å². The first-order valence-corrected chi connectivity index (χ1v) is 6.84. The number of hydrogen-bond donors (Lipinski definition) is 1. The van der Waals surface area contributed by atoms with E-state index in [0.29, 0.717) is 11.4 Å². The maximum absolute atomic E-state index is 12.5. The monoisotopic (exact) mass is 288 g/mol. The molecule has 0 heterocycles. The molecule has 0 saturated carbocycles. The number of phenols is 1. The Morgan fingerprint density at radius 2 is 1.60 bits per heavy atom. The van der Waals surface area contributed by atoms with E-state index in [9.17, 15) is 9.90 Å². The van der Waals surface area contributed by atoms with Gasteiger partial charge in [-0.3, -0.25) is 4.79 Å². The highest BCUT2D eigenvalue weighted by atomic mass is 35.5. The van der Waals surface area contributed by atoms with Crippen LogP contribution in [0.3, 0.4) is 0 Å². The van der Waals surface area contributed by atoms with E-state index >= 15 is 0 Å². The average Bonchev–Trinajstić information content (AvgIpc) is 2.42. The molecule has 0 fully saturated rings. The minimum Gasteiger partial charge on any atom is -0.508 e. The predicted molar refractivity (Wildman–Crippen MR) is 81.3 cm³/mol. The summed E-state index contributed by atoms with van der Waals surface area (Å²) in [5.74, 6) is 0.334. The minimum atomic E-state index is -0.590. The second-order valence-corrected chi connectivity index (χ2v) is 5.83. The summed E-state index contributed by atoms with van der Waals surface area (Å²) in [4.78, 5) is 12.5.